The maximum atomic E-state index is 12.0. The standard InChI is InChI=1S/C24H22Cl2N2O5/c25-18-9-3-1-6-15(18)13-32-20-11-5-8-17(22(24(30)31)28-21(29)12-27)23(20)33-14-16-7-2-4-10-19(16)26/h1-11,22H,12-14,27H2,(H,28,29)(H,30,31). The molecule has 3 aromatic rings. The lowest BCUT2D eigenvalue weighted by Crippen LogP contribution is -2.37. The van der Waals surface area contributed by atoms with E-state index < -0.39 is 17.9 Å². The van der Waals surface area contributed by atoms with Crippen molar-refractivity contribution in [3.8, 4) is 11.5 Å². The Balaban J connectivity index is 1.97. The third-order valence-electron chi connectivity index (χ3n) is 4.73. The molecule has 1 atom stereocenters. The van der Waals surface area contributed by atoms with Gasteiger partial charge in [-0.2, -0.15) is 0 Å². The van der Waals surface area contributed by atoms with Crippen molar-refractivity contribution in [1.29, 1.82) is 0 Å². The smallest absolute Gasteiger partial charge is 0.331 e. The summed E-state index contributed by atoms with van der Waals surface area (Å²) >= 11 is 12.5. The van der Waals surface area contributed by atoms with Crippen LogP contribution in [0.3, 0.4) is 0 Å². The van der Waals surface area contributed by atoms with Gasteiger partial charge in [0, 0.05) is 26.7 Å². The number of carbonyl (C=O) groups excluding carboxylic acids is 1. The zero-order valence-corrected chi connectivity index (χ0v) is 19.0. The van der Waals surface area contributed by atoms with Gasteiger partial charge in [0.05, 0.1) is 6.54 Å². The van der Waals surface area contributed by atoms with Gasteiger partial charge in [-0.05, 0) is 18.2 Å². The maximum Gasteiger partial charge on any atom is 0.331 e. The summed E-state index contributed by atoms with van der Waals surface area (Å²) in [7, 11) is 0. The molecule has 0 aliphatic heterocycles. The third kappa shape index (κ3) is 6.38. The molecule has 9 heteroatoms. The van der Waals surface area contributed by atoms with Crippen molar-refractivity contribution >= 4 is 35.1 Å². The number of rotatable bonds is 10. The highest BCUT2D eigenvalue weighted by Gasteiger charge is 2.27. The molecule has 0 aliphatic carbocycles. The first kappa shape index (κ1) is 24.4. The van der Waals surface area contributed by atoms with Gasteiger partial charge < -0.3 is 25.6 Å². The van der Waals surface area contributed by atoms with Crippen LogP contribution in [0, 0.1) is 0 Å². The predicted molar refractivity (Wildman–Crippen MR) is 126 cm³/mol. The molecule has 1 unspecified atom stereocenters. The van der Waals surface area contributed by atoms with Crippen LogP contribution in [0.15, 0.2) is 66.7 Å². The van der Waals surface area contributed by atoms with Gasteiger partial charge in [0.2, 0.25) is 5.91 Å². The highest BCUT2D eigenvalue weighted by Crippen LogP contribution is 2.37. The number of carboxylic acids is 1. The Kier molecular flexibility index (Phi) is 8.54. The van der Waals surface area contributed by atoms with Gasteiger partial charge >= 0.3 is 5.97 Å². The van der Waals surface area contributed by atoms with Crippen molar-refractivity contribution in [2.75, 3.05) is 6.54 Å². The van der Waals surface area contributed by atoms with E-state index in [1.807, 2.05) is 24.3 Å². The fourth-order valence-electron chi connectivity index (χ4n) is 3.06. The van der Waals surface area contributed by atoms with Crippen LogP contribution in [0.4, 0.5) is 0 Å². The number of benzene rings is 3. The van der Waals surface area contributed by atoms with Gasteiger partial charge in [0.1, 0.15) is 13.2 Å². The molecule has 0 spiro atoms. The molecule has 0 heterocycles. The molecule has 0 bridgehead atoms. The van der Waals surface area contributed by atoms with E-state index in [0.29, 0.717) is 15.6 Å². The van der Waals surface area contributed by atoms with Crippen LogP contribution < -0.4 is 20.5 Å². The molecule has 0 aliphatic rings. The molecule has 0 saturated carbocycles. The SMILES string of the molecule is NCC(=O)NC(C(=O)O)c1cccc(OCc2ccccc2Cl)c1OCc1ccccc1Cl. The molecule has 4 N–H and O–H groups in total. The Bertz CT molecular complexity index is 1140. The number of ether oxygens (including phenoxy) is 2. The van der Waals surface area contributed by atoms with Crippen molar-refractivity contribution in [3.05, 3.63) is 93.5 Å². The molecular formula is C24H22Cl2N2O5. The normalized spacial score (nSPS) is 11.5. The Hall–Kier alpha value is -3.26. The molecule has 0 aromatic heterocycles. The van der Waals surface area contributed by atoms with Crippen molar-refractivity contribution in [3.63, 3.8) is 0 Å². The number of nitrogens with two attached hydrogens (primary N) is 1. The molecule has 0 fully saturated rings. The number of nitrogens with one attached hydrogen (secondary N) is 1. The van der Waals surface area contributed by atoms with Crippen molar-refractivity contribution in [1.82, 2.24) is 5.32 Å². The largest absolute Gasteiger partial charge is 0.485 e. The zero-order valence-electron chi connectivity index (χ0n) is 17.5. The lowest BCUT2D eigenvalue weighted by atomic mass is 10.0. The number of carboxylic acid groups (broad SMARTS) is 1. The second-order valence-corrected chi connectivity index (χ2v) is 7.79. The summed E-state index contributed by atoms with van der Waals surface area (Å²) < 4.78 is 12.0. The number of hydrogen-bond donors (Lipinski definition) is 3. The number of aliphatic carboxylic acids is 1. The highest BCUT2D eigenvalue weighted by atomic mass is 35.5. The van der Waals surface area contributed by atoms with Crippen LogP contribution in [0.5, 0.6) is 11.5 Å². The second kappa shape index (κ2) is 11.6. The molecule has 0 saturated heterocycles. The minimum absolute atomic E-state index is 0.0519. The second-order valence-electron chi connectivity index (χ2n) is 6.98. The Morgan fingerprint density at radius 2 is 1.45 bits per heavy atom. The molecule has 1 amide bonds. The van der Waals surface area contributed by atoms with Gasteiger partial charge in [0.15, 0.2) is 17.5 Å². The first-order valence-electron chi connectivity index (χ1n) is 9.98. The van der Waals surface area contributed by atoms with Gasteiger partial charge in [-0.1, -0.05) is 71.7 Å². The highest BCUT2D eigenvalue weighted by molar-refractivity contribution is 6.31. The minimum Gasteiger partial charge on any atom is -0.485 e. The van der Waals surface area contributed by atoms with Crippen LogP contribution in [0.25, 0.3) is 0 Å². The van der Waals surface area contributed by atoms with Gasteiger partial charge in [-0.3, -0.25) is 4.79 Å². The fourth-order valence-corrected chi connectivity index (χ4v) is 3.44. The van der Waals surface area contributed by atoms with Crippen molar-refractivity contribution < 1.29 is 24.2 Å². The minimum atomic E-state index is -1.40. The van der Waals surface area contributed by atoms with E-state index in [9.17, 15) is 14.7 Å². The van der Waals surface area contributed by atoms with Gasteiger partial charge in [-0.15, -0.1) is 0 Å². The maximum absolute atomic E-state index is 12.0. The van der Waals surface area contributed by atoms with E-state index in [1.54, 1.807) is 42.5 Å². The number of amides is 1. The van der Waals surface area contributed by atoms with Crippen LogP contribution in [0.1, 0.15) is 22.7 Å². The first-order chi connectivity index (χ1) is 15.9. The molecule has 33 heavy (non-hydrogen) atoms. The van der Waals surface area contributed by atoms with Crippen molar-refractivity contribution in [2.45, 2.75) is 19.3 Å². The summed E-state index contributed by atoms with van der Waals surface area (Å²) in [4.78, 5) is 23.8. The van der Waals surface area contributed by atoms with E-state index in [2.05, 4.69) is 5.32 Å². The average molecular weight is 489 g/mol. The van der Waals surface area contributed by atoms with E-state index in [4.69, 9.17) is 38.4 Å². The summed E-state index contributed by atoms with van der Waals surface area (Å²) in [5.41, 5.74) is 7.00. The summed E-state index contributed by atoms with van der Waals surface area (Å²) in [6.07, 6.45) is 0. The average Bonchev–Trinajstić information content (AvgIpc) is 2.81. The first-order valence-corrected chi connectivity index (χ1v) is 10.7. The topological polar surface area (TPSA) is 111 Å². The quantitative estimate of drug-likeness (QED) is 0.391. The van der Waals surface area contributed by atoms with E-state index in [-0.39, 0.29) is 36.8 Å². The monoisotopic (exact) mass is 488 g/mol. The van der Waals surface area contributed by atoms with Crippen molar-refractivity contribution in [2.24, 2.45) is 5.73 Å². The molecule has 3 rings (SSSR count). The number of hydrogen-bond acceptors (Lipinski definition) is 5. The van der Waals surface area contributed by atoms with Gasteiger partial charge in [-0.25, -0.2) is 4.79 Å². The van der Waals surface area contributed by atoms with Crippen LogP contribution in [0.2, 0.25) is 10.0 Å². The predicted octanol–water partition coefficient (Wildman–Crippen LogP) is 4.35. The fraction of sp³-hybridized carbons (Fsp3) is 0.167. The van der Waals surface area contributed by atoms with Crippen LogP contribution in [-0.4, -0.2) is 23.5 Å². The lowest BCUT2D eigenvalue weighted by molar-refractivity contribution is -0.141. The summed E-state index contributed by atoms with van der Waals surface area (Å²) in [5.74, 6) is -1.45. The van der Waals surface area contributed by atoms with Crippen LogP contribution >= 0.6 is 23.2 Å². The Morgan fingerprint density at radius 1 is 0.879 bits per heavy atom. The van der Waals surface area contributed by atoms with E-state index in [1.165, 1.54) is 0 Å². The molecule has 0 radical (unpaired) electrons. The zero-order chi connectivity index (χ0) is 23.8. The third-order valence-corrected chi connectivity index (χ3v) is 5.47. The summed E-state index contributed by atoms with van der Waals surface area (Å²) in [6, 6.07) is 17.7. The molecule has 7 nitrogen and oxygen atoms in total. The Labute approximate surface area is 201 Å². The number of carbonyl (C=O) groups is 2. The van der Waals surface area contributed by atoms with E-state index >= 15 is 0 Å². The van der Waals surface area contributed by atoms with Gasteiger partial charge in [0.25, 0.3) is 0 Å². The summed E-state index contributed by atoms with van der Waals surface area (Å²) in [6.45, 7) is -0.183. The summed E-state index contributed by atoms with van der Waals surface area (Å²) in [5, 5.41) is 13.2. The number of para-hydroxylation sites is 1. The lowest BCUT2D eigenvalue weighted by Gasteiger charge is -2.21. The molecule has 172 valence electrons. The number of halogens is 2. The molecular weight excluding hydrogens is 467 g/mol. The van der Waals surface area contributed by atoms with Crippen LogP contribution in [-0.2, 0) is 22.8 Å². The molecule has 3 aromatic carbocycles. The van der Waals surface area contributed by atoms with E-state index in [0.717, 1.165) is 5.56 Å². The Morgan fingerprint density at radius 3 is 2.00 bits per heavy atom.